The first-order chi connectivity index (χ1) is 10.7. The molecule has 0 atom stereocenters. The first-order valence-electron chi connectivity index (χ1n) is 6.80. The van der Waals surface area contributed by atoms with Crippen molar-refractivity contribution in [2.75, 3.05) is 5.43 Å². The molecule has 0 fully saturated rings. The summed E-state index contributed by atoms with van der Waals surface area (Å²) in [5.74, 6) is -0.256. The Hall–Kier alpha value is -2.53. The SMILES string of the molecule is Cc1sc(N/N=C\c2ccc(F)cc2)nc1-c1ccccc1. The Kier molecular flexibility index (Phi) is 4.25. The van der Waals surface area contributed by atoms with E-state index in [1.165, 1.54) is 12.1 Å². The van der Waals surface area contributed by atoms with E-state index in [4.69, 9.17) is 0 Å². The predicted molar refractivity (Wildman–Crippen MR) is 89.9 cm³/mol. The van der Waals surface area contributed by atoms with Gasteiger partial charge >= 0.3 is 0 Å². The van der Waals surface area contributed by atoms with Gasteiger partial charge in [0.15, 0.2) is 0 Å². The van der Waals surface area contributed by atoms with Gasteiger partial charge in [-0.15, -0.1) is 11.3 Å². The molecule has 1 aromatic heterocycles. The molecule has 110 valence electrons. The number of hydrogen-bond donors (Lipinski definition) is 1. The van der Waals surface area contributed by atoms with Gasteiger partial charge in [-0.25, -0.2) is 9.37 Å². The topological polar surface area (TPSA) is 37.3 Å². The second kappa shape index (κ2) is 6.49. The summed E-state index contributed by atoms with van der Waals surface area (Å²) in [4.78, 5) is 5.69. The second-order valence-corrected chi connectivity index (χ2v) is 5.91. The van der Waals surface area contributed by atoms with Gasteiger partial charge in [0, 0.05) is 10.4 Å². The minimum atomic E-state index is -0.256. The highest BCUT2D eigenvalue weighted by Gasteiger charge is 2.08. The van der Waals surface area contributed by atoms with Crippen LogP contribution in [0.15, 0.2) is 59.7 Å². The maximum atomic E-state index is 12.8. The van der Waals surface area contributed by atoms with Gasteiger partial charge in [0.25, 0.3) is 0 Å². The van der Waals surface area contributed by atoms with Crippen LogP contribution < -0.4 is 5.43 Å². The molecule has 0 amide bonds. The third-order valence-electron chi connectivity index (χ3n) is 3.09. The molecule has 0 aliphatic rings. The van der Waals surface area contributed by atoms with Crippen LogP contribution in [0, 0.1) is 12.7 Å². The lowest BCUT2D eigenvalue weighted by Gasteiger charge is -1.97. The normalized spacial score (nSPS) is 11.0. The maximum Gasteiger partial charge on any atom is 0.204 e. The third kappa shape index (κ3) is 3.38. The van der Waals surface area contributed by atoms with Crippen molar-refractivity contribution >= 4 is 22.7 Å². The Morgan fingerprint density at radius 1 is 1.09 bits per heavy atom. The lowest BCUT2D eigenvalue weighted by Crippen LogP contribution is -1.90. The molecule has 1 N–H and O–H groups in total. The van der Waals surface area contributed by atoms with Crippen LogP contribution in [-0.4, -0.2) is 11.2 Å². The van der Waals surface area contributed by atoms with Crippen molar-refractivity contribution in [3.63, 3.8) is 0 Å². The van der Waals surface area contributed by atoms with E-state index in [2.05, 4.69) is 15.5 Å². The molecular formula is C17H14FN3S. The number of hydrazone groups is 1. The van der Waals surface area contributed by atoms with Gasteiger partial charge in [-0.1, -0.05) is 42.5 Å². The van der Waals surface area contributed by atoms with Crippen LogP contribution in [0.1, 0.15) is 10.4 Å². The van der Waals surface area contributed by atoms with Gasteiger partial charge < -0.3 is 0 Å². The summed E-state index contributed by atoms with van der Waals surface area (Å²) in [7, 11) is 0. The Labute approximate surface area is 132 Å². The summed E-state index contributed by atoms with van der Waals surface area (Å²) in [6.45, 7) is 2.04. The monoisotopic (exact) mass is 311 g/mol. The van der Waals surface area contributed by atoms with Gasteiger partial charge in [0.2, 0.25) is 5.13 Å². The van der Waals surface area contributed by atoms with E-state index in [0.29, 0.717) is 0 Å². The predicted octanol–water partition coefficient (Wildman–Crippen LogP) is 4.70. The molecule has 2 aromatic carbocycles. The van der Waals surface area contributed by atoms with Gasteiger partial charge in [-0.05, 0) is 24.6 Å². The first-order valence-corrected chi connectivity index (χ1v) is 7.61. The number of aromatic nitrogens is 1. The fraction of sp³-hybridized carbons (Fsp3) is 0.0588. The van der Waals surface area contributed by atoms with Crippen molar-refractivity contribution in [3.8, 4) is 11.3 Å². The van der Waals surface area contributed by atoms with Gasteiger partial charge in [-0.3, -0.25) is 5.43 Å². The van der Waals surface area contributed by atoms with E-state index >= 15 is 0 Å². The third-order valence-corrected chi connectivity index (χ3v) is 3.96. The molecule has 0 aliphatic carbocycles. The number of thiazole rings is 1. The molecule has 0 unspecified atom stereocenters. The average Bonchev–Trinajstić information content (AvgIpc) is 2.91. The van der Waals surface area contributed by atoms with Crippen LogP contribution in [0.2, 0.25) is 0 Å². The van der Waals surface area contributed by atoms with Crippen LogP contribution in [-0.2, 0) is 0 Å². The highest BCUT2D eigenvalue weighted by Crippen LogP contribution is 2.30. The molecule has 3 rings (SSSR count). The average molecular weight is 311 g/mol. The fourth-order valence-electron chi connectivity index (χ4n) is 2.02. The number of hydrogen-bond acceptors (Lipinski definition) is 4. The molecular weight excluding hydrogens is 297 g/mol. The van der Waals surface area contributed by atoms with Crippen LogP contribution >= 0.6 is 11.3 Å². The maximum absolute atomic E-state index is 12.8. The molecule has 3 aromatic rings. The molecule has 0 spiro atoms. The fourth-order valence-corrected chi connectivity index (χ4v) is 2.80. The summed E-state index contributed by atoms with van der Waals surface area (Å²) in [5.41, 5.74) is 5.80. The molecule has 0 bridgehead atoms. The minimum absolute atomic E-state index is 0.256. The standard InChI is InChI=1S/C17H14FN3S/c1-12-16(14-5-3-2-4-6-14)20-17(22-12)21-19-11-13-7-9-15(18)10-8-13/h2-11H,1H3,(H,20,21)/b19-11-. The minimum Gasteiger partial charge on any atom is -0.253 e. The lowest BCUT2D eigenvalue weighted by molar-refractivity contribution is 0.628. The van der Waals surface area contributed by atoms with Crippen molar-refractivity contribution in [1.29, 1.82) is 0 Å². The summed E-state index contributed by atoms with van der Waals surface area (Å²) < 4.78 is 12.8. The number of anilines is 1. The number of nitrogens with zero attached hydrogens (tertiary/aromatic N) is 2. The zero-order valence-corrected chi connectivity index (χ0v) is 12.8. The van der Waals surface area contributed by atoms with Crippen LogP contribution in [0.3, 0.4) is 0 Å². The smallest absolute Gasteiger partial charge is 0.204 e. The molecule has 0 saturated carbocycles. The number of benzene rings is 2. The van der Waals surface area contributed by atoms with E-state index in [9.17, 15) is 4.39 Å². The van der Waals surface area contributed by atoms with Gasteiger partial charge in [-0.2, -0.15) is 5.10 Å². The van der Waals surface area contributed by atoms with Crippen molar-refractivity contribution < 1.29 is 4.39 Å². The van der Waals surface area contributed by atoms with E-state index in [0.717, 1.165) is 26.8 Å². The number of aryl methyl sites for hydroxylation is 1. The first kappa shape index (κ1) is 14.4. The zero-order chi connectivity index (χ0) is 15.4. The van der Waals surface area contributed by atoms with Crippen molar-refractivity contribution in [1.82, 2.24) is 4.98 Å². The summed E-state index contributed by atoms with van der Waals surface area (Å²) >= 11 is 1.55. The highest BCUT2D eigenvalue weighted by atomic mass is 32.1. The lowest BCUT2D eigenvalue weighted by atomic mass is 10.1. The molecule has 0 radical (unpaired) electrons. The van der Waals surface area contributed by atoms with Crippen LogP contribution in [0.4, 0.5) is 9.52 Å². The van der Waals surface area contributed by atoms with Crippen LogP contribution in [0.25, 0.3) is 11.3 Å². The molecule has 0 aliphatic heterocycles. The van der Waals surface area contributed by atoms with Crippen molar-refractivity contribution in [2.24, 2.45) is 5.10 Å². The molecule has 0 saturated heterocycles. The Bertz CT molecular complexity index is 779. The van der Waals surface area contributed by atoms with Crippen molar-refractivity contribution in [2.45, 2.75) is 6.92 Å². The van der Waals surface area contributed by atoms with Gasteiger partial charge in [0.05, 0.1) is 11.9 Å². The number of nitrogens with one attached hydrogen (secondary N) is 1. The highest BCUT2D eigenvalue weighted by molar-refractivity contribution is 7.15. The van der Waals surface area contributed by atoms with E-state index < -0.39 is 0 Å². The number of halogens is 1. The molecule has 1 heterocycles. The molecule has 22 heavy (non-hydrogen) atoms. The van der Waals surface area contributed by atoms with E-state index in [-0.39, 0.29) is 5.82 Å². The quantitative estimate of drug-likeness (QED) is 0.560. The largest absolute Gasteiger partial charge is 0.253 e. The Morgan fingerprint density at radius 3 is 2.55 bits per heavy atom. The van der Waals surface area contributed by atoms with Gasteiger partial charge in [0.1, 0.15) is 5.82 Å². The van der Waals surface area contributed by atoms with Crippen LogP contribution in [0.5, 0.6) is 0 Å². The Morgan fingerprint density at radius 2 is 1.82 bits per heavy atom. The molecule has 5 heteroatoms. The zero-order valence-electron chi connectivity index (χ0n) is 12.0. The van der Waals surface area contributed by atoms with E-state index in [1.54, 1.807) is 29.7 Å². The Balaban J connectivity index is 1.73. The second-order valence-electron chi connectivity index (χ2n) is 4.71. The number of rotatable bonds is 4. The summed E-state index contributed by atoms with van der Waals surface area (Å²) in [5, 5.41) is 4.87. The summed E-state index contributed by atoms with van der Waals surface area (Å²) in [6, 6.07) is 16.2. The molecule has 3 nitrogen and oxygen atoms in total. The summed E-state index contributed by atoms with van der Waals surface area (Å²) in [6.07, 6.45) is 1.64. The van der Waals surface area contributed by atoms with E-state index in [1.807, 2.05) is 37.3 Å². The van der Waals surface area contributed by atoms with Crippen molar-refractivity contribution in [3.05, 3.63) is 70.9 Å².